The molecule has 11 heavy (non-hydrogen) atoms. The Labute approximate surface area is 66.2 Å². The molecule has 1 amide bonds. The van der Waals surface area contributed by atoms with Gasteiger partial charge in [0.15, 0.2) is 0 Å². The number of hydrogen-bond acceptors (Lipinski definition) is 4. The number of amides is 1. The Hall–Kier alpha value is -0.620. The second kappa shape index (κ2) is 3.68. The summed E-state index contributed by atoms with van der Waals surface area (Å²) in [4.78, 5) is 10.8. The van der Waals surface area contributed by atoms with Gasteiger partial charge in [0, 0.05) is 0 Å². The number of hydrogen-bond donors (Lipinski definition) is 2. The fourth-order valence-electron chi connectivity index (χ4n) is 0.402. The van der Waals surface area contributed by atoms with E-state index in [-0.39, 0.29) is 0 Å². The van der Waals surface area contributed by atoms with Crippen LogP contribution >= 0.6 is 0 Å². The molecule has 0 aliphatic carbocycles. The van der Waals surface area contributed by atoms with Crippen molar-refractivity contribution in [3.63, 3.8) is 0 Å². The maximum absolute atomic E-state index is 10.8. The van der Waals surface area contributed by atoms with Crippen LogP contribution in [0.15, 0.2) is 0 Å². The Morgan fingerprint density at radius 1 is 1.45 bits per heavy atom. The third-order valence-electron chi connectivity index (χ3n) is 1.11. The highest BCUT2D eigenvalue weighted by Crippen LogP contribution is 1.82. The van der Waals surface area contributed by atoms with Crippen LogP contribution in [0.3, 0.4) is 0 Å². The van der Waals surface area contributed by atoms with Gasteiger partial charge in [-0.1, -0.05) is 0 Å². The number of rotatable bonds is 3. The fraction of sp³-hybridized carbons (Fsp3) is 0.800. The zero-order chi connectivity index (χ0) is 9.07. The minimum Gasteiger partial charge on any atom is -0.309 e. The molecular weight excluding hydrogens is 168 g/mol. The first-order chi connectivity index (χ1) is 4.87. The van der Waals surface area contributed by atoms with Crippen molar-refractivity contribution in [3.05, 3.63) is 0 Å². The molecule has 0 aromatic rings. The molecule has 2 N–H and O–H groups in total. The topological polar surface area (TPSA) is 75.3 Å². The minimum absolute atomic E-state index is 0.496. The molecule has 0 fully saturated rings. The number of carbonyl (C=O) groups is 1. The van der Waals surface area contributed by atoms with E-state index in [2.05, 4.69) is 5.32 Å². The highest BCUT2D eigenvalue weighted by atomic mass is 32.2. The maximum Gasteiger partial charge on any atom is 0.250 e. The SMILES string of the molecule is CNC(C)C(=O)NS(C)(=O)=O. The molecule has 0 heterocycles. The second-order valence-corrected chi connectivity index (χ2v) is 4.00. The lowest BCUT2D eigenvalue weighted by Gasteiger charge is -2.08. The summed E-state index contributed by atoms with van der Waals surface area (Å²) >= 11 is 0. The Morgan fingerprint density at radius 2 is 1.91 bits per heavy atom. The van der Waals surface area contributed by atoms with Crippen molar-refractivity contribution in [2.24, 2.45) is 0 Å². The van der Waals surface area contributed by atoms with Crippen molar-refractivity contribution in [2.45, 2.75) is 13.0 Å². The molecule has 0 bridgehead atoms. The van der Waals surface area contributed by atoms with Crippen molar-refractivity contribution < 1.29 is 13.2 Å². The van der Waals surface area contributed by atoms with E-state index in [0.29, 0.717) is 0 Å². The van der Waals surface area contributed by atoms with Crippen LogP contribution in [0.5, 0.6) is 0 Å². The van der Waals surface area contributed by atoms with Gasteiger partial charge in [0.05, 0.1) is 12.3 Å². The first-order valence-corrected chi connectivity index (χ1v) is 4.95. The highest BCUT2D eigenvalue weighted by molar-refractivity contribution is 7.89. The molecule has 6 heteroatoms. The van der Waals surface area contributed by atoms with Crippen LogP contribution in [0.25, 0.3) is 0 Å². The lowest BCUT2D eigenvalue weighted by atomic mass is 10.3. The number of nitrogens with one attached hydrogen (secondary N) is 2. The molecule has 1 unspecified atom stereocenters. The summed E-state index contributed by atoms with van der Waals surface area (Å²) in [6, 6.07) is -0.496. The predicted molar refractivity (Wildman–Crippen MR) is 41.5 cm³/mol. The molecule has 0 radical (unpaired) electrons. The molecule has 0 saturated carbocycles. The summed E-state index contributed by atoms with van der Waals surface area (Å²) in [6.07, 6.45) is 0.938. The lowest BCUT2D eigenvalue weighted by molar-refractivity contribution is -0.120. The van der Waals surface area contributed by atoms with Gasteiger partial charge < -0.3 is 5.32 Å². The van der Waals surface area contributed by atoms with Crippen LogP contribution in [0.1, 0.15) is 6.92 Å². The van der Waals surface area contributed by atoms with Crippen LogP contribution in [0, 0.1) is 0 Å². The quantitative estimate of drug-likeness (QED) is 0.564. The molecular formula is C5H12N2O3S. The number of likely N-dealkylation sites (N-methyl/N-ethyl adjacent to an activating group) is 1. The molecule has 0 aliphatic heterocycles. The molecule has 0 spiro atoms. The standard InChI is InChI=1S/C5H12N2O3S/c1-4(6-2)5(8)7-11(3,9)10/h4,6H,1-3H3,(H,7,8). The van der Waals surface area contributed by atoms with Crippen LogP contribution in [0.2, 0.25) is 0 Å². The number of carbonyl (C=O) groups excluding carboxylic acids is 1. The summed E-state index contributed by atoms with van der Waals surface area (Å²) in [7, 11) is -1.84. The van der Waals surface area contributed by atoms with Gasteiger partial charge in [0.2, 0.25) is 15.9 Å². The van der Waals surface area contributed by atoms with E-state index in [1.165, 1.54) is 0 Å². The third kappa shape index (κ3) is 4.74. The lowest BCUT2D eigenvalue weighted by Crippen LogP contribution is -2.42. The molecule has 0 aromatic heterocycles. The van der Waals surface area contributed by atoms with Crippen molar-refractivity contribution >= 4 is 15.9 Å². The van der Waals surface area contributed by atoms with E-state index in [9.17, 15) is 13.2 Å². The Kier molecular flexibility index (Phi) is 3.47. The zero-order valence-electron chi connectivity index (χ0n) is 6.71. The fourth-order valence-corrected chi connectivity index (χ4v) is 0.944. The van der Waals surface area contributed by atoms with Gasteiger partial charge in [-0.05, 0) is 14.0 Å². The average molecular weight is 180 g/mol. The molecule has 0 rings (SSSR count). The monoisotopic (exact) mass is 180 g/mol. The van der Waals surface area contributed by atoms with E-state index in [0.717, 1.165) is 6.26 Å². The second-order valence-electron chi connectivity index (χ2n) is 2.25. The van der Waals surface area contributed by atoms with Gasteiger partial charge >= 0.3 is 0 Å². The van der Waals surface area contributed by atoms with Crippen LogP contribution in [-0.4, -0.2) is 33.7 Å². The number of sulfonamides is 1. The van der Waals surface area contributed by atoms with Crippen LogP contribution < -0.4 is 10.0 Å². The van der Waals surface area contributed by atoms with Gasteiger partial charge in [-0.3, -0.25) is 9.52 Å². The van der Waals surface area contributed by atoms with E-state index < -0.39 is 22.0 Å². The van der Waals surface area contributed by atoms with Crippen molar-refractivity contribution in [2.75, 3.05) is 13.3 Å². The van der Waals surface area contributed by atoms with Crippen molar-refractivity contribution in [1.82, 2.24) is 10.0 Å². The summed E-state index contributed by atoms with van der Waals surface area (Å²) in [5.41, 5.74) is 0. The van der Waals surface area contributed by atoms with Crippen LogP contribution in [-0.2, 0) is 14.8 Å². The Bertz CT molecular complexity index is 234. The van der Waals surface area contributed by atoms with E-state index in [4.69, 9.17) is 0 Å². The van der Waals surface area contributed by atoms with E-state index in [1.54, 1.807) is 14.0 Å². The van der Waals surface area contributed by atoms with Gasteiger partial charge in [-0.25, -0.2) is 8.42 Å². The normalized spacial score (nSPS) is 14.1. The summed E-state index contributed by atoms with van der Waals surface area (Å²) < 4.78 is 22.8. The first kappa shape index (κ1) is 10.4. The molecule has 5 nitrogen and oxygen atoms in total. The van der Waals surface area contributed by atoms with Gasteiger partial charge in [-0.15, -0.1) is 0 Å². The molecule has 0 aromatic carbocycles. The van der Waals surface area contributed by atoms with Gasteiger partial charge in [0.1, 0.15) is 0 Å². The Morgan fingerprint density at radius 3 is 2.18 bits per heavy atom. The smallest absolute Gasteiger partial charge is 0.250 e. The Balaban J connectivity index is 4.10. The van der Waals surface area contributed by atoms with Gasteiger partial charge in [-0.2, -0.15) is 0 Å². The maximum atomic E-state index is 10.8. The molecule has 66 valence electrons. The van der Waals surface area contributed by atoms with Crippen molar-refractivity contribution in [1.29, 1.82) is 0 Å². The van der Waals surface area contributed by atoms with Crippen molar-refractivity contribution in [3.8, 4) is 0 Å². The molecule has 0 saturated heterocycles. The first-order valence-electron chi connectivity index (χ1n) is 3.05. The van der Waals surface area contributed by atoms with Crippen LogP contribution in [0.4, 0.5) is 0 Å². The zero-order valence-corrected chi connectivity index (χ0v) is 7.53. The minimum atomic E-state index is -3.42. The predicted octanol–water partition coefficient (Wildman–Crippen LogP) is -1.33. The highest BCUT2D eigenvalue weighted by Gasteiger charge is 2.13. The summed E-state index contributed by atoms with van der Waals surface area (Å²) in [6.45, 7) is 1.57. The summed E-state index contributed by atoms with van der Waals surface area (Å²) in [5.74, 6) is -0.546. The molecule has 1 atom stereocenters. The summed E-state index contributed by atoms with van der Waals surface area (Å²) in [5, 5.41) is 2.61. The largest absolute Gasteiger partial charge is 0.309 e. The average Bonchev–Trinajstić information content (AvgIpc) is 1.82. The third-order valence-corrected chi connectivity index (χ3v) is 1.68. The molecule has 0 aliphatic rings. The van der Waals surface area contributed by atoms with Gasteiger partial charge in [0.25, 0.3) is 0 Å². The van der Waals surface area contributed by atoms with E-state index >= 15 is 0 Å². The van der Waals surface area contributed by atoms with E-state index in [1.807, 2.05) is 4.72 Å².